The van der Waals surface area contributed by atoms with Gasteiger partial charge in [-0.2, -0.15) is 9.29 Å². The predicted molar refractivity (Wildman–Crippen MR) is 115 cm³/mol. The van der Waals surface area contributed by atoms with Crippen LogP contribution in [0.3, 0.4) is 0 Å². The summed E-state index contributed by atoms with van der Waals surface area (Å²) in [6, 6.07) is 13.0. The Bertz CT molecular complexity index is 1150. The number of rotatable bonds is 6. The predicted octanol–water partition coefficient (Wildman–Crippen LogP) is 2.99. The Balaban J connectivity index is 1.43. The van der Waals surface area contributed by atoms with E-state index in [4.69, 9.17) is 10.3 Å². The number of benzene rings is 2. The fourth-order valence-corrected chi connectivity index (χ4v) is 5.01. The van der Waals surface area contributed by atoms with Crippen molar-refractivity contribution in [2.45, 2.75) is 30.6 Å². The summed E-state index contributed by atoms with van der Waals surface area (Å²) in [7, 11) is -3.45. The van der Waals surface area contributed by atoms with Crippen molar-refractivity contribution in [1.29, 1.82) is 0 Å². The highest BCUT2D eigenvalue weighted by molar-refractivity contribution is 7.89. The molecule has 1 aromatic heterocycles. The van der Waals surface area contributed by atoms with E-state index in [1.165, 1.54) is 0 Å². The van der Waals surface area contributed by atoms with Crippen molar-refractivity contribution >= 4 is 21.7 Å². The van der Waals surface area contributed by atoms with Gasteiger partial charge in [-0.1, -0.05) is 23.7 Å². The summed E-state index contributed by atoms with van der Waals surface area (Å²) in [5.74, 6) is 0.839. The molecule has 1 fully saturated rings. The first-order valence-corrected chi connectivity index (χ1v) is 11.4. The summed E-state index contributed by atoms with van der Waals surface area (Å²) < 4.78 is 32.4. The number of hydrogen-bond acceptors (Lipinski definition) is 6. The average Bonchev–Trinajstić information content (AvgIpc) is 3.23. The first kappa shape index (κ1) is 21.0. The third-order valence-electron chi connectivity index (χ3n) is 5.11. The Morgan fingerprint density at radius 1 is 1.03 bits per heavy atom. The maximum absolute atomic E-state index is 12.8. The number of aromatic nitrogens is 2. The maximum Gasteiger partial charge on any atom is 0.316 e. The molecule has 0 radical (unpaired) electrons. The van der Waals surface area contributed by atoms with Gasteiger partial charge in [0.05, 0.1) is 11.3 Å². The van der Waals surface area contributed by atoms with Crippen LogP contribution in [0.2, 0.25) is 0 Å². The van der Waals surface area contributed by atoms with Crippen LogP contribution in [0.15, 0.2) is 57.9 Å². The second-order valence-electron chi connectivity index (χ2n) is 7.36. The van der Waals surface area contributed by atoms with Gasteiger partial charge in [0.1, 0.15) is 0 Å². The molecule has 31 heavy (non-hydrogen) atoms. The molecule has 2 aromatic carbocycles. The summed E-state index contributed by atoms with van der Waals surface area (Å²) in [5, 5.41) is 6.48. The fraction of sp³-hybridized carbons (Fsp3) is 0.286. The third kappa shape index (κ3) is 4.92. The molecule has 1 aliphatic rings. The Morgan fingerprint density at radius 2 is 1.71 bits per heavy atom. The van der Waals surface area contributed by atoms with E-state index in [9.17, 15) is 13.2 Å². The zero-order valence-electron chi connectivity index (χ0n) is 16.8. The summed E-state index contributed by atoms with van der Waals surface area (Å²) >= 11 is 0. The molecule has 2 heterocycles. The summed E-state index contributed by atoms with van der Waals surface area (Å²) in [5.41, 5.74) is 7.26. The van der Waals surface area contributed by atoms with Gasteiger partial charge in [0.25, 0.3) is 0 Å². The van der Waals surface area contributed by atoms with Crippen LogP contribution < -0.4 is 11.1 Å². The van der Waals surface area contributed by atoms with E-state index in [0.29, 0.717) is 41.8 Å². The Labute approximate surface area is 180 Å². The summed E-state index contributed by atoms with van der Waals surface area (Å²) in [6.45, 7) is 1.16. The van der Waals surface area contributed by atoms with Gasteiger partial charge in [-0.15, -0.1) is 0 Å². The molecule has 10 heteroatoms. The van der Waals surface area contributed by atoms with Crippen LogP contribution in [0.5, 0.6) is 0 Å². The number of nitrogens with one attached hydrogen (secondary N) is 1. The van der Waals surface area contributed by atoms with Crippen LogP contribution in [0.25, 0.3) is 11.4 Å². The lowest BCUT2D eigenvalue weighted by atomic mass is 10.1. The monoisotopic (exact) mass is 441 g/mol. The number of amides is 2. The number of primary amides is 1. The molecule has 0 saturated carbocycles. The molecular weight excluding hydrogens is 418 g/mol. The van der Waals surface area contributed by atoms with Crippen molar-refractivity contribution in [3.05, 3.63) is 60.0 Å². The maximum atomic E-state index is 12.8. The molecule has 0 bridgehead atoms. The van der Waals surface area contributed by atoms with Crippen LogP contribution >= 0.6 is 0 Å². The van der Waals surface area contributed by atoms with Crippen LogP contribution in [-0.4, -0.2) is 42.0 Å². The lowest BCUT2D eigenvalue weighted by Crippen LogP contribution is -2.35. The highest BCUT2D eigenvalue weighted by atomic mass is 32.2. The zero-order valence-corrected chi connectivity index (χ0v) is 17.6. The zero-order chi connectivity index (χ0) is 21.8. The largest absolute Gasteiger partial charge is 0.351 e. The Hall–Kier alpha value is -3.24. The van der Waals surface area contributed by atoms with Crippen molar-refractivity contribution in [1.82, 2.24) is 14.4 Å². The standard InChI is InChI=1S/C21H23N5O4S/c22-21(27)23-17-8-6-16(7-9-17)20-24-19(30-25-20)14-15-4-10-18(11-5-15)31(28,29)26-12-2-1-3-13-26/h4-11H,1-3,12-14H2,(H3,22,23,27). The van der Waals surface area contributed by atoms with Gasteiger partial charge >= 0.3 is 6.03 Å². The lowest BCUT2D eigenvalue weighted by Gasteiger charge is -2.25. The number of hydrogen-bond donors (Lipinski definition) is 2. The van der Waals surface area contributed by atoms with Gasteiger partial charge in [-0.3, -0.25) is 0 Å². The molecule has 1 aliphatic heterocycles. The Kier molecular flexibility index (Phi) is 6.01. The number of nitrogens with zero attached hydrogens (tertiary/aromatic N) is 3. The van der Waals surface area contributed by atoms with Crippen LogP contribution in [0, 0.1) is 0 Å². The van der Waals surface area contributed by atoms with Crippen molar-refractivity contribution in [2.24, 2.45) is 5.73 Å². The molecule has 0 atom stereocenters. The molecule has 162 valence electrons. The lowest BCUT2D eigenvalue weighted by molar-refractivity contribution is 0.259. The van der Waals surface area contributed by atoms with Gasteiger partial charge in [-0.05, 0) is 54.8 Å². The summed E-state index contributed by atoms with van der Waals surface area (Å²) in [4.78, 5) is 15.6. The minimum Gasteiger partial charge on any atom is -0.351 e. The number of carbonyl (C=O) groups excluding carboxylic acids is 1. The van der Waals surface area contributed by atoms with E-state index in [0.717, 1.165) is 30.4 Å². The second-order valence-corrected chi connectivity index (χ2v) is 9.30. The molecule has 2 amide bonds. The van der Waals surface area contributed by atoms with E-state index in [1.807, 2.05) is 0 Å². The number of anilines is 1. The molecular formula is C21H23N5O4S. The van der Waals surface area contributed by atoms with E-state index < -0.39 is 16.1 Å². The molecule has 1 saturated heterocycles. The van der Waals surface area contributed by atoms with E-state index >= 15 is 0 Å². The van der Waals surface area contributed by atoms with Crippen molar-refractivity contribution in [2.75, 3.05) is 18.4 Å². The van der Waals surface area contributed by atoms with Gasteiger partial charge in [0.2, 0.25) is 21.7 Å². The van der Waals surface area contributed by atoms with Crippen molar-refractivity contribution in [3.8, 4) is 11.4 Å². The molecule has 3 N–H and O–H groups in total. The highest BCUT2D eigenvalue weighted by Gasteiger charge is 2.25. The number of nitrogens with two attached hydrogens (primary N) is 1. The quantitative estimate of drug-likeness (QED) is 0.604. The molecule has 0 aliphatic carbocycles. The minimum atomic E-state index is -3.45. The normalized spacial score (nSPS) is 15.0. The minimum absolute atomic E-state index is 0.300. The SMILES string of the molecule is NC(=O)Nc1ccc(-c2noc(Cc3ccc(S(=O)(=O)N4CCCCC4)cc3)n2)cc1. The smallest absolute Gasteiger partial charge is 0.316 e. The van der Waals surface area contributed by atoms with Crippen LogP contribution in [-0.2, 0) is 16.4 Å². The molecule has 3 aromatic rings. The van der Waals surface area contributed by atoms with E-state index in [1.54, 1.807) is 52.8 Å². The van der Waals surface area contributed by atoms with E-state index in [-0.39, 0.29) is 0 Å². The molecule has 9 nitrogen and oxygen atoms in total. The third-order valence-corrected chi connectivity index (χ3v) is 7.02. The first-order chi connectivity index (χ1) is 14.9. The number of carbonyl (C=O) groups is 1. The van der Waals surface area contributed by atoms with Crippen LogP contribution in [0.1, 0.15) is 30.7 Å². The number of urea groups is 1. The molecule has 4 rings (SSSR count). The molecule has 0 spiro atoms. The van der Waals surface area contributed by atoms with E-state index in [2.05, 4.69) is 15.5 Å². The average molecular weight is 442 g/mol. The first-order valence-electron chi connectivity index (χ1n) is 10.0. The Morgan fingerprint density at radius 3 is 2.35 bits per heavy atom. The number of sulfonamides is 1. The second kappa shape index (κ2) is 8.86. The van der Waals surface area contributed by atoms with Gasteiger partial charge in [0, 0.05) is 24.3 Å². The number of piperidine rings is 1. The fourth-order valence-electron chi connectivity index (χ4n) is 3.50. The van der Waals surface area contributed by atoms with Gasteiger partial charge in [0.15, 0.2) is 0 Å². The van der Waals surface area contributed by atoms with Crippen LogP contribution in [0.4, 0.5) is 10.5 Å². The van der Waals surface area contributed by atoms with Crippen molar-refractivity contribution in [3.63, 3.8) is 0 Å². The van der Waals surface area contributed by atoms with Gasteiger partial charge < -0.3 is 15.6 Å². The topological polar surface area (TPSA) is 131 Å². The van der Waals surface area contributed by atoms with Gasteiger partial charge in [-0.25, -0.2) is 13.2 Å². The summed E-state index contributed by atoms with van der Waals surface area (Å²) in [6.07, 6.45) is 3.27. The molecule has 0 unspecified atom stereocenters. The highest BCUT2D eigenvalue weighted by Crippen LogP contribution is 2.23. The van der Waals surface area contributed by atoms with Crippen molar-refractivity contribution < 1.29 is 17.7 Å².